The third-order valence-electron chi connectivity index (χ3n) is 4.69. The fourth-order valence-corrected chi connectivity index (χ4v) is 3.30. The Morgan fingerprint density at radius 1 is 1.00 bits per heavy atom. The minimum Gasteiger partial charge on any atom is -0.497 e. The van der Waals surface area contributed by atoms with E-state index in [0.29, 0.717) is 45.2 Å². The van der Waals surface area contributed by atoms with Gasteiger partial charge in [0.05, 0.1) is 23.8 Å². The van der Waals surface area contributed by atoms with Crippen molar-refractivity contribution in [3.63, 3.8) is 0 Å². The summed E-state index contributed by atoms with van der Waals surface area (Å²) in [7, 11) is 1.54. The van der Waals surface area contributed by atoms with Gasteiger partial charge in [0.2, 0.25) is 0 Å². The van der Waals surface area contributed by atoms with Crippen LogP contribution >= 0.6 is 23.2 Å². The van der Waals surface area contributed by atoms with E-state index in [-0.39, 0.29) is 12.2 Å². The van der Waals surface area contributed by atoms with Crippen LogP contribution in [0.1, 0.15) is 18.1 Å². The number of rotatable bonds is 9. The van der Waals surface area contributed by atoms with Crippen molar-refractivity contribution < 1.29 is 19.0 Å². The van der Waals surface area contributed by atoms with E-state index in [1.807, 2.05) is 13.0 Å². The molecule has 0 bridgehead atoms. The Kier molecular flexibility index (Phi) is 8.80. The number of amides is 1. The van der Waals surface area contributed by atoms with Crippen LogP contribution < -0.4 is 19.5 Å². The molecule has 1 N–H and O–H groups in total. The highest BCUT2D eigenvalue weighted by Crippen LogP contribution is 2.29. The van der Waals surface area contributed by atoms with E-state index in [0.717, 1.165) is 5.56 Å². The molecule has 1 amide bonds. The number of benzene rings is 3. The number of ether oxygens (including phenoxy) is 3. The molecule has 3 aromatic rings. The maximum absolute atomic E-state index is 12.7. The molecule has 6 nitrogen and oxygen atoms in total. The number of hydrogen-bond donors (Lipinski definition) is 1. The molecule has 34 heavy (non-hydrogen) atoms. The van der Waals surface area contributed by atoms with Gasteiger partial charge in [0.15, 0.2) is 0 Å². The topological polar surface area (TPSA) is 80.6 Å². The van der Waals surface area contributed by atoms with E-state index < -0.39 is 5.91 Å². The number of carbonyl (C=O) groups excluding carboxylic acids is 1. The Labute approximate surface area is 208 Å². The first-order chi connectivity index (χ1) is 16.4. The minimum absolute atomic E-state index is 0.0848. The lowest BCUT2D eigenvalue weighted by Gasteiger charge is -2.12. The predicted molar refractivity (Wildman–Crippen MR) is 134 cm³/mol. The molecule has 0 aliphatic rings. The molecule has 0 saturated heterocycles. The monoisotopic (exact) mass is 496 g/mol. The molecule has 174 valence electrons. The SMILES string of the molecule is CCOc1ccc(NC(=O)/C(C#N)=C/c2ccc(OC)cc2OCc2ccc(Cl)c(Cl)c2)cc1. The summed E-state index contributed by atoms with van der Waals surface area (Å²) in [6, 6.07) is 19.2. The standard InChI is InChI=1S/C26H22Cl2N2O4/c1-3-33-21-9-6-20(7-10-21)30-26(31)19(15-29)13-18-5-8-22(32-2)14-25(18)34-16-17-4-11-23(27)24(28)12-17/h4-14H,3,16H2,1-2H3,(H,30,31)/b19-13+. The number of methoxy groups -OCH3 is 1. The maximum Gasteiger partial charge on any atom is 0.266 e. The van der Waals surface area contributed by atoms with Crippen molar-refractivity contribution in [2.24, 2.45) is 0 Å². The van der Waals surface area contributed by atoms with E-state index in [1.54, 1.807) is 67.8 Å². The first-order valence-corrected chi connectivity index (χ1v) is 11.1. The van der Waals surface area contributed by atoms with Crippen molar-refractivity contribution in [1.82, 2.24) is 0 Å². The third-order valence-corrected chi connectivity index (χ3v) is 5.43. The lowest BCUT2D eigenvalue weighted by atomic mass is 10.1. The van der Waals surface area contributed by atoms with E-state index in [2.05, 4.69) is 5.32 Å². The fourth-order valence-electron chi connectivity index (χ4n) is 2.98. The van der Waals surface area contributed by atoms with Crippen LogP contribution in [0.5, 0.6) is 17.2 Å². The summed E-state index contributed by atoms with van der Waals surface area (Å²) >= 11 is 12.1. The van der Waals surface area contributed by atoms with Crippen LogP contribution in [0.25, 0.3) is 6.08 Å². The van der Waals surface area contributed by atoms with Crippen LogP contribution in [0, 0.1) is 11.3 Å². The largest absolute Gasteiger partial charge is 0.497 e. The summed E-state index contributed by atoms with van der Waals surface area (Å²) in [6.45, 7) is 2.64. The van der Waals surface area contributed by atoms with Gasteiger partial charge < -0.3 is 19.5 Å². The quantitative estimate of drug-likeness (QED) is 0.269. The second-order valence-electron chi connectivity index (χ2n) is 7.02. The molecule has 0 aliphatic carbocycles. The molecule has 0 atom stereocenters. The zero-order valence-electron chi connectivity index (χ0n) is 18.6. The Morgan fingerprint density at radius 2 is 1.74 bits per heavy atom. The van der Waals surface area contributed by atoms with Crippen molar-refractivity contribution in [3.05, 3.63) is 87.4 Å². The first kappa shape index (κ1) is 25.0. The van der Waals surface area contributed by atoms with E-state index in [9.17, 15) is 10.1 Å². The first-order valence-electron chi connectivity index (χ1n) is 10.3. The van der Waals surface area contributed by atoms with Gasteiger partial charge in [-0.2, -0.15) is 5.26 Å². The van der Waals surface area contributed by atoms with E-state index >= 15 is 0 Å². The highest BCUT2D eigenvalue weighted by Gasteiger charge is 2.13. The number of nitrogens with zero attached hydrogens (tertiary/aromatic N) is 1. The molecule has 3 rings (SSSR count). The summed E-state index contributed by atoms with van der Waals surface area (Å²) in [6.07, 6.45) is 1.47. The van der Waals surface area contributed by atoms with Gasteiger partial charge in [-0.25, -0.2) is 0 Å². The molecule has 0 unspecified atom stereocenters. The number of halogens is 2. The van der Waals surface area contributed by atoms with Gasteiger partial charge in [-0.15, -0.1) is 0 Å². The number of hydrogen-bond acceptors (Lipinski definition) is 5. The molecule has 0 aromatic heterocycles. The summed E-state index contributed by atoms with van der Waals surface area (Å²) in [4.78, 5) is 12.7. The zero-order valence-corrected chi connectivity index (χ0v) is 20.1. The normalized spacial score (nSPS) is 10.9. The van der Waals surface area contributed by atoms with Gasteiger partial charge in [-0.1, -0.05) is 29.3 Å². The highest BCUT2D eigenvalue weighted by molar-refractivity contribution is 6.42. The molecule has 0 fully saturated rings. The van der Waals surface area contributed by atoms with Crippen LogP contribution in [-0.4, -0.2) is 19.6 Å². The van der Waals surface area contributed by atoms with Crippen molar-refractivity contribution >= 4 is 40.9 Å². The van der Waals surface area contributed by atoms with Gasteiger partial charge in [0, 0.05) is 17.3 Å². The lowest BCUT2D eigenvalue weighted by molar-refractivity contribution is -0.112. The molecule has 0 spiro atoms. The van der Waals surface area contributed by atoms with E-state index in [4.69, 9.17) is 37.4 Å². The van der Waals surface area contributed by atoms with Crippen molar-refractivity contribution in [2.45, 2.75) is 13.5 Å². The number of nitrogens with one attached hydrogen (secondary N) is 1. The minimum atomic E-state index is -0.544. The predicted octanol–water partition coefficient (Wildman–Crippen LogP) is 6.53. The van der Waals surface area contributed by atoms with Gasteiger partial charge in [-0.3, -0.25) is 4.79 Å². The Bertz CT molecular complexity index is 1230. The smallest absolute Gasteiger partial charge is 0.266 e. The second-order valence-corrected chi connectivity index (χ2v) is 7.84. The van der Waals surface area contributed by atoms with Crippen molar-refractivity contribution in [1.29, 1.82) is 5.26 Å². The number of carbonyl (C=O) groups is 1. The zero-order chi connectivity index (χ0) is 24.5. The Balaban J connectivity index is 1.81. The van der Waals surface area contributed by atoms with Crippen LogP contribution in [0.3, 0.4) is 0 Å². The summed E-state index contributed by atoms with van der Waals surface area (Å²) in [5, 5.41) is 13.2. The maximum atomic E-state index is 12.7. The van der Waals surface area contributed by atoms with Crippen molar-refractivity contribution in [2.75, 3.05) is 19.0 Å². The van der Waals surface area contributed by atoms with Crippen molar-refractivity contribution in [3.8, 4) is 23.3 Å². The number of anilines is 1. The van der Waals surface area contributed by atoms with Crippen LogP contribution in [-0.2, 0) is 11.4 Å². The second kappa shape index (κ2) is 12.0. The molecular weight excluding hydrogens is 475 g/mol. The van der Waals surface area contributed by atoms with E-state index in [1.165, 1.54) is 6.08 Å². The average Bonchev–Trinajstić information content (AvgIpc) is 2.84. The number of nitriles is 1. The summed E-state index contributed by atoms with van der Waals surface area (Å²) in [5.74, 6) is 1.15. The van der Waals surface area contributed by atoms with Gasteiger partial charge in [-0.05, 0) is 67.1 Å². The molecule has 0 aliphatic heterocycles. The molecular formula is C26H22Cl2N2O4. The molecule has 0 heterocycles. The molecule has 3 aromatic carbocycles. The summed E-state index contributed by atoms with van der Waals surface area (Å²) in [5.41, 5.74) is 1.80. The Hall–Kier alpha value is -3.66. The van der Waals surface area contributed by atoms with Crippen LogP contribution in [0.15, 0.2) is 66.2 Å². The van der Waals surface area contributed by atoms with Gasteiger partial charge in [0.25, 0.3) is 5.91 Å². The average molecular weight is 497 g/mol. The van der Waals surface area contributed by atoms with Gasteiger partial charge in [0.1, 0.15) is 35.5 Å². The molecule has 0 saturated carbocycles. The molecule has 8 heteroatoms. The fraction of sp³-hybridized carbons (Fsp3) is 0.154. The summed E-state index contributed by atoms with van der Waals surface area (Å²) < 4.78 is 16.6. The van der Waals surface area contributed by atoms with Crippen LogP contribution in [0.2, 0.25) is 10.0 Å². The third kappa shape index (κ3) is 6.67. The Morgan fingerprint density at radius 3 is 2.38 bits per heavy atom. The highest BCUT2D eigenvalue weighted by atomic mass is 35.5. The van der Waals surface area contributed by atoms with Gasteiger partial charge >= 0.3 is 0 Å². The molecule has 0 radical (unpaired) electrons. The lowest BCUT2D eigenvalue weighted by Crippen LogP contribution is -2.13. The van der Waals surface area contributed by atoms with Crippen LogP contribution in [0.4, 0.5) is 5.69 Å².